The zero-order valence-electron chi connectivity index (χ0n) is 11.5. The van der Waals surface area contributed by atoms with Crippen molar-refractivity contribution in [3.05, 3.63) is 39.8 Å². The first-order valence-electron chi connectivity index (χ1n) is 6.21. The molecule has 2 aromatic rings. The van der Waals surface area contributed by atoms with Crippen LogP contribution < -0.4 is 5.32 Å². The van der Waals surface area contributed by atoms with Gasteiger partial charge < -0.3 is 5.32 Å². The van der Waals surface area contributed by atoms with Crippen LogP contribution in [0.5, 0.6) is 0 Å². The largest absolute Gasteiger partial charge is 0.354 e. The molecule has 0 atom stereocenters. The van der Waals surface area contributed by atoms with E-state index in [1.807, 2.05) is 19.9 Å². The van der Waals surface area contributed by atoms with E-state index in [1.54, 1.807) is 19.3 Å². The van der Waals surface area contributed by atoms with Crippen LogP contribution in [0, 0.1) is 24.0 Å². The number of aromatic nitrogens is 3. The van der Waals surface area contributed by atoms with E-state index in [1.165, 1.54) is 0 Å². The molecule has 2 rings (SSSR count). The van der Waals surface area contributed by atoms with Gasteiger partial charge in [0.1, 0.15) is 5.69 Å². The normalized spacial score (nSPS) is 10.3. The molecule has 0 aliphatic rings. The van der Waals surface area contributed by atoms with Crippen LogP contribution in [-0.4, -0.2) is 26.4 Å². The van der Waals surface area contributed by atoms with E-state index in [2.05, 4.69) is 20.3 Å². The predicted octanol–water partition coefficient (Wildman–Crippen LogP) is 2.50. The second kappa shape index (κ2) is 5.60. The van der Waals surface area contributed by atoms with Crippen molar-refractivity contribution in [3.63, 3.8) is 0 Å². The minimum atomic E-state index is -0.456. The van der Waals surface area contributed by atoms with Crippen LogP contribution in [-0.2, 0) is 0 Å². The van der Waals surface area contributed by atoms with Crippen LogP contribution in [0.2, 0.25) is 0 Å². The van der Waals surface area contributed by atoms with Crippen molar-refractivity contribution in [2.24, 2.45) is 0 Å². The smallest absolute Gasteiger partial charge is 0.316 e. The molecular weight excluding hydrogens is 258 g/mol. The van der Waals surface area contributed by atoms with Gasteiger partial charge in [-0.3, -0.25) is 15.1 Å². The SMILES string of the molecule is CCNc1nc(C)c([N+](=O)[O-])c(-c2cncc(C)c2)n1. The molecule has 7 heteroatoms. The summed E-state index contributed by atoms with van der Waals surface area (Å²) in [5.74, 6) is 0.382. The van der Waals surface area contributed by atoms with Crippen molar-refractivity contribution in [1.29, 1.82) is 0 Å². The molecule has 0 amide bonds. The number of rotatable bonds is 4. The molecule has 0 aromatic carbocycles. The molecule has 0 aliphatic carbocycles. The molecule has 7 nitrogen and oxygen atoms in total. The van der Waals surface area contributed by atoms with Gasteiger partial charge in [0.25, 0.3) is 0 Å². The maximum absolute atomic E-state index is 11.3. The van der Waals surface area contributed by atoms with Gasteiger partial charge in [0.15, 0.2) is 5.69 Å². The zero-order valence-corrected chi connectivity index (χ0v) is 11.5. The zero-order chi connectivity index (χ0) is 14.7. The number of hydrogen-bond donors (Lipinski definition) is 1. The van der Waals surface area contributed by atoms with Crippen LogP contribution in [0.1, 0.15) is 18.2 Å². The lowest BCUT2D eigenvalue weighted by atomic mass is 10.1. The van der Waals surface area contributed by atoms with E-state index < -0.39 is 4.92 Å². The van der Waals surface area contributed by atoms with Gasteiger partial charge in [0.2, 0.25) is 5.95 Å². The highest BCUT2D eigenvalue weighted by atomic mass is 16.6. The molecule has 2 aromatic heterocycles. The molecule has 0 bridgehead atoms. The summed E-state index contributed by atoms with van der Waals surface area (Å²) in [5, 5.41) is 14.2. The fourth-order valence-electron chi connectivity index (χ4n) is 1.91. The Morgan fingerprint density at radius 3 is 2.65 bits per heavy atom. The number of nitrogens with zero attached hydrogens (tertiary/aromatic N) is 4. The highest BCUT2D eigenvalue weighted by Gasteiger charge is 2.23. The molecule has 20 heavy (non-hydrogen) atoms. The molecule has 0 unspecified atom stereocenters. The summed E-state index contributed by atoms with van der Waals surface area (Å²) in [6.07, 6.45) is 3.26. The number of hydrogen-bond acceptors (Lipinski definition) is 6. The third-order valence-corrected chi connectivity index (χ3v) is 2.72. The Morgan fingerprint density at radius 1 is 1.30 bits per heavy atom. The third-order valence-electron chi connectivity index (χ3n) is 2.72. The van der Waals surface area contributed by atoms with E-state index in [-0.39, 0.29) is 11.4 Å². The summed E-state index contributed by atoms with van der Waals surface area (Å²) < 4.78 is 0. The van der Waals surface area contributed by atoms with Gasteiger partial charge in [-0.05, 0) is 32.4 Å². The molecule has 0 saturated heterocycles. The number of nitrogens with one attached hydrogen (secondary N) is 1. The minimum absolute atomic E-state index is 0.0842. The highest BCUT2D eigenvalue weighted by molar-refractivity contribution is 5.71. The maximum Gasteiger partial charge on any atom is 0.316 e. The average molecular weight is 273 g/mol. The second-order valence-electron chi connectivity index (χ2n) is 4.37. The summed E-state index contributed by atoms with van der Waals surface area (Å²) in [6.45, 7) is 6.03. The fraction of sp³-hybridized carbons (Fsp3) is 0.308. The molecule has 104 valence electrons. The lowest BCUT2D eigenvalue weighted by Gasteiger charge is -2.08. The minimum Gasteiger partial charge on any atom is -0.354 e. The molecule has 1 N–H and O–H groups in total. The number of pyridine rings is 1. The molecule has 0 fully saturated rings. The van der Waals surface area contributed by atoms with E-state index >= 15 is 0 Å². The first kappa shape index (κ1) is 13.9. The van der Waals surface area contributed by atoms with Crippen molar-refractivity contribution < 1.29 is 4.92 Å². The summed E-state index contributed by atoms with van der Waals surface area (Å²) in [5.41, 5.74) is 2.06. The van der Waals surface area contributed by atoms with Gasteiger partial charge in [-0.15, -0.1) is 0 Å². The molecular formula is C13H15N5O2. The topological polar surface area (TPSA) is 93.8 Å². The van der Waals surface area contributed by atoms with E-state index in [4.69, 9.17) is 0 Å². The Labute approximate surface area is 116 Å². The Morgan fingerprint density at radius 2 is 2.05 bits per heavy atom. The van der Waals surface area contributed by atoms with Crippen LogP contribution >= 0.6 is 0 Å². The highest BCUT2D eigenvalue weighted by Crippen LogP contribution is 2.31. The average Bonchev–Trinajstić information content (AvgIpc) is 2.37. The first-order chi connectivity index (χ1) is 9.52. The summed E-state index contributed by atoms with van der Waals surface area (Å²) in [4.78, 5) is 23.2. The quantitative estimate of drug-likeness (QED) is 0.679. The van der Waals surface area contributed by atoms with Crippen LogP contribution in [0.3, 0.4) is 0 Å². The Hall–Kier alpha value is -2.57. The molecule has 0 radical (unpaired) electrons. The predicted molar refractivity (Wildman–Crippen MR) is 75.6 cm³/mol. The van der Waals surface area contributed by atoms with Crippen LogP contribution in [0.25, 0.3) is 11.3 Å². The molecule has 2 heterocycles. The molecule has 0 aliphatic heterocycles. The molecule has 0 saturated carbocycles. The van der Waals surface area contributed by atoms with E-state index in [0.29, 0.717) is 23.8 Å². The van der Waals surface area contributed by atoms with Crippen molar-refractivity contribution >= 4 is 11.6 Å². The fourth-order valence-corrected chi connectivity index (χ4v) is 1.91. The summed E-state index contributed by atoms with van der Waals surface area (Å²) >= 11 is 0. The van der Waals surface area contributed by atoms with Gasteiger partial charge in [-0.1, -0.05) is 0 Å². The van der Waals surface area contributed by atoms with Crippen LogP contribution in [0.15, 0.2) is 18.5 Å². The van der Waals surface area contributed by atoms with E-state index in [0.717, 1.165) is 5.56 Å². The monoisotopic (exact) mass is 273 g/mol. The van der Waals surface area contributed by atoms with Gasteiger partial charge >= 0.3 is 5.69 Å². The van der Waals surface area contributed by atoms with E-state index in [9.17, 15) is 10.1 Å². The molecule has 0 spiro atoms. The van der Waals surface area contributed by atoms with Crippen molar-refractivity contribution in [2.45, 2.75) is 20.8 Å². The van der Waals surface area contributed by atoms with Crippen molar-refractivity contribution in [1.82, 2.24) is 15.0 Å². The lowest BCUT2D eigenvalue weighted by Crippen LogP contribution is -2.07. The number of aryl methyl sites for hydroxylation is 2. The van der Waals surface area contributed by atoms with Crippen molar-refractivity contribution in [2.75, 3.05) is 11.9 Å². The standard InChI is InChI=1S/C13H15N5O2/c1-4-15-13-16-9(3)12(18(19)20)11(17-13)10-5-8(2)6-14-7-10/h5-7H,4H2,1-3H3,(H,15,16,17). The van der Waals surface area contributed by atoms with Crippen molar-refractivity contribution in [3.8, 4) is 11.3 Å². The van der Waals surface area contributed by atoms with Gasteiger partial charge in [-0.25, -0.2) is 9.97 Å². The van der Waals surface area contributed by atoms with Gasteiger partial charge in [0.05, 0.1) is 4.92 Å². The second-order valence-corrected chi connectivity index (χ2v) is 4.37. The summed E-state index contributed by atoms with van der Waals surface area (Å²) in [7, 11) is 0. The third kappa shape index (κ3) is 2.71. The van der Waals surface area contributed by atoms with Gasteiger partial charge in [-0.2, -0.15) is 0 Å². The summed E-state index contributed by atoms with van der Waals surface area (Å²) in [6, 6.07) is 1.82. The van der Waals surface area contributed by atoms with Gasteiger partial charge in [0, 0.05) is 24.5 Å². The maximum atomic E-state index is 11.3. The number of nitro groups is 1. The first-order valence-corrected chi connectivity index (χ1v) is 6.21. The Bertz CT molecular complexity index is 657. The Kier molecular flexibility index (Phi) is 3.88. The lowest BCUT2D eigenvalue weighted by molar-refractivity contribution is -0.385. The van der Waals surface area contributed by atoms with Crippen LogP contribution in [0.4, 0.5) is 11.6 Å². The Balaban J connectivity index is 2.67. The number of anilines is 1.